The van der Waals surface area contributed by atoms with Gasteiger partial charge in [0.1, 0.15) is 11.7 Å². The number of aryl methyl sites for hydroxylation is 1. The van der Waals surface area contributed by atoms with Crippen molar-refractivity contribution in [2.45, 2.75) is 13.0 Å². The van der Waals surface area contributed by atoms with E-state index in [1.165, 1.54) is 4.57 Å². The van der Waals surface area contributed by atoms with Crippen LogP contribution in [0.3, 0.4) is 0 Å². The molecule has 6 heteroatoms. The lowest BCUT2D eigenvalue weighted by atomic mass is 10.1. The molecule has 1 aromatic carbocycles. The molecular formula is C14H15N3O3. The molecule has 0 saturated carbocycles. The van der Waals surface area contributed by atoms with E-state index in [9.17, 15) is 9.59 Å². The van der Waals surface area contributed by atoms with Crippen molar-refractivity contribution in [3.8, 4) is 0 Å². The Labute approximate surface area is 115 Å². The Balaban J connectivity index is 2.44. The fraction of sp³-hybridized carbons (Fsp3) is 0.286. The number of benzene rings is 1. The van der Waals surface area contributed by atoms with Crippen LogP contribution in [0.1, 0.15) is 17.3 Å². The van der Waals surface area contributed by atoms with Crippen LogP contribution in [-0.4, -0.2) is 23.2 Å². The van der Waals surface area contributed by atoms with E-state index in [1.54, 1.807) is 32.2 Å². The molecule has 1 aliphatic heterocycles. The number of hydrogen-bond donors (Lipinski definition) is 2. The van der Waals surface area contributed by atoms with Crippen molar-refractivity contribution in [1.82, 2.24) is 4.57 Å². The Morgan fingerprint density at radius 1 is 1.40 bits per heavy atom. The standard InChI is InChI=1S/C14H15N3O3/c1-7-6-16-12-9-5-8(15)3-4-10(9)17(2)13(18)11(12)14(19)20-7/h3-5,7,16H,6,15H2,1-2H3. The number of fused-ring (bicyclic) bond motifs is 3. The van der Waals surface area contributed by atoms with Crippen molar-refractivity contribution in [2.24, 2.45) is 7.05 Å². The van der Waals surface area contributed by atoms with Gasteiger partial charge in [0.2, 0.25) is 0 Å². The first-order valence-corrected chi connectivity index (χ1v) is 6.36. The van der Waals surface area contributed by atoms with Gasteiger partial charge in [0.15, 0.2) is 0 Å². The zero-order valence-electron chi connectivity index (χ0n) is 11.3. The fourth-order valence-electron chi connectivity index (χ4n) is 2.47. The molecule has 2 heterocycles. The van der Waals surface area contributed by atoms with Gasteiger partial charge in [-0.15, -0.1) is 0 Å². The second-order valence-electron chi connectivity index (χ2n) is 4.99. The molecule has 1 aliphatic rings. The normalized spacial score (nSPS) is 18.1. The number of pyridine rings is 1. The Morgan fingerprint density at radius 2 is 2.15 bits per heavy atom. The molecule has 20 heavy (non-hydrogen) atoms. The van der Waals surface area contributed by atoms with Crippen LogP contribution in [0.5, 0.6) is 0 Å². The third-order valence-corrected chi connectivity index (χ3v) is 3.50. The fourth-order valence-corrected chi connectivity index (χ4v) is 2.47. The third-order valence-electron chi connectivity index (χ3n) is 3.50. The van der Waals surface area contributed by atoms with Crippen LogP contribution in [0.4, 0.5) is 11.4 Å². The van der Waals surface area contributed by atoms with Crippen LogP contribution >= 0.6 is 0 Å². The predicted molar refractivity (Wildman–Crippen MR) is 77.0 cm³/mol. The minimum atomic E-state index is -0.595. The number of rotatable bonds is 0. The number of nitrogens with zero attached hydrogens (tertiary/aromatic N) is 1. The van der Waals surface area contributed by atoms with Gasteiger partial charge >= 0.3 is 5.97 Å². The van der Waals surface area contributed by atoms with E-state index in [0.29, 0.717) is 17.9 Å². The predicted octanol–water partition coefficient (Wildman–Crippen LogP) is 1.09. The van der Waals surface area contributed by atoms with E-state index in [0.717, 1.165) is 10.9 Å². The third kappa shape index (κ3) is 1.72. The second kappa shape index (κ2) is 4.26. The van der Waals surface area contributed by atoms with Crippen LogP contribution < -0.4 is 16.6 Å². The van der Waals surface area contributed by atoms with Gasteiger partial charge in [0.25, 0.3) is 5.56 Å². The highest BCUT2D eigenvalue weighted by Gasteiger charge is 2.27. The van der Waals surface area contributed by atoms with Gasteiger partial charge in [0, 0.05) is 18.1 Å². The first-order chi connectivity index (χ1) is 9.49. The monoisotopic (exact) mass is 273 g/mol. The van der Waals surface area contributed by atoms with Crippen molar-refractivity contribution < 1.29 is 9.53 Å². The minimum Gasteiger partial charge on any atom is -0.457 e. The summed E-state index contributed by atoms with van der Waals surface area (Å²) in [5.41, 5.74) is 7.28. The molecule has 6 nitrogen and oxygen atoms in total. The van der Waals surface area contributed by atoms with Gasteiger partial charge in [-0.05, 0) is 25.1 Å². The molecule has 0 bridgehead atoms. The summed E-state index contributed by atoms with van der Waals surface area (Å²) in [6.07, 6.45) is -0.296. The topological polar surface area (TPSA) is 86.4 Å². The largest absolute Gasteiger partial charge is 0.457 e. The summed E-state index contributed by atoms with van der Waals surface area (Å²) in [7, 11) is 1.63. The SMILES string of the molecule is CC1CNc2c(c(=O)n(C)c3ccc(N)cc23)C(=O)O1. The maximum Gasteiger partial charge on any atom is 0.346 e. The summed E-state index contributed by atoms with van der Waals surface area (Å²) < 4.78 is 6.64. The molecule has 0 aliphatic carbocycles. The highest BCUT2D eigenvalue weighted by molar-refractivity contribution is 6.06. The highest BCUT2D eigenvalue weighted by atomic mass is 16.5. The lowest BCUT2D eigenvalue weighted by Gasteiger charge is -2.13. The van der Waals surface area contributed by atoms with Crippen molar-refractivity contribution in [1.29, 1.82) is 0 Å². The number of nitrogen functional groups attached to an aromatic ring is 1. The average Bonchev–Trinajstić information content (AvgIpc) is 2.54. The Kier molecular flexibility index (Phi) is 2.67. The van der Waals surface area contributed by atoms with E-state index >= 15 is 0 Å². The van der Waals surface area contributed by atoms with E-state index in [1.807, 2.05) is 0 Å². The molecule has 0 radical (unpaired) electrons. The summed E-state index contributed by atoms with van der Waals surface area (Å²) >= 11 is 0. The molecule has 1 atom stereocenters. The number of nitrogens with two attached hydrogens (primary N) is 1. The summed E-state index contributed by atoms with van der Waals surface area (Å²) in [6, 6.07) is 5.25. The second-order valence-corrected chi connectivity index (χ2v) is 4.99. The molecule has 0 spiro atoms. The lowest BCUT2D eigenvalue weighted by molar-refractivity contribution is 0.0376. The number of cyclic esters (lactones) is 1. The van der Waals surface area contributed by atoms with Crippen molar-refractivity contribution in [3.05, 3.63) is 34.1 Å². The molecule has 104 valence electrons. The number of carbonyl (C=O) groups is 1. The number of hydrogen-bond acceptors (Lipinski definition) is 5. The Hall–Kier alpha value is -2.50. The van der Waals surface area contributed by atoms with E-state index in [4.69, 9.17) is 10.5 Å². The van der Waals surface area contributed by atoms with Crippen LogP contribution in [0.2, 0.25) is 0 Å². The number of esters is 1. The molecule has 3 N–H and O–H groups in total. The Morgan fingerprint density at radius 3 is 2.90 bits per heavy atom. The molecule has 0 amide bonds. The van der Waals surface area contributed by atoms with Gasteiger partial charge in [0.05, 0.1) is 17.7 Å². The van der Waals surface area contributed by atoms with E-state index in [2.05, 4.69) is 5.32 Å². The molecule has 0 saturated heterocycles. The number of aromatic nitrogens is 1. The quantitative estimate of drug-likeness (QED) is 0.554. The zero-order valence-corrected chi connectivity index (χ0v) is 11.3. The van der Waals surface area contributed by atoms with Crippen LogP contribution in [0.15, 0.2) is 23.0 Å². The van der Waals surface area contributed by atoms with Crippen LogP contribution in [-0.2, 0) is 11.8 Å². The number of nitrogens with one attached hydrogen (secondary N) is 1. The molecule has 2 aromatic rings. The number of ether oxygens (including phenoxy) is 1. The van der Waals surface area contributed by atoms with Gasteiger partial charge < -0.3 is 20.4 Å². The zero-order chi connectivity index (χ0) is 14.4. The van der Waals surface area contributed by atoms with Gasteiger partial charge in [-0.25, -0.2) is 4.79 Å². The summed E-state index contributed by atoms with van der Waals surface area (Å²) in [5.74, 6) is -0.595. The van der Waals surface area contributed by atoms with Crippen molar-refractivity contribution in [2.75, 3.05) is 17.6 Å². The van der Waals surface area contributed by atoms with E-state index in [-0.39, 0.29) is 17.2 Å². The maximum atomic E-state index is 12.4. The molecule has 1 aromatic heterocycles. The molecule has 1 unspecified atom stereocenters. The van der Waals surface area contributed by atoms with Gasteiger partial charge in [-0.1, -0.05) is 0 Å². The first kappa shape index (κ1) is 12.5. The van der Waals surface area contributed by atoms with E-state index < -0.39 is 5.97 Å². The number of carbonyl (C=O) groups excluding carboxylic acids is 1. The summed E-state index contributed by atoms with van der Waals surface area (Å²) in [6.45, 7) is 2.23. The minimum absolute atomic E-state index is 0.0370. The first-order valence-electron chi connectivity index (χ1n) is 6.36. The maximum absolute atomic E-state index is 12.4. The van der Waals surface area contributed by atoms with Crippen LogP contribution in [0.25, 0.3) is 10.9 Å². The molecule has 0 fully saturated rings. The van der Waals surface area contributed by atoms with Crippen molar-refractivity contribution >= 4 is 28.2 Å². The molecular weight excluding hydrogens is 258 g/mol. The number of anilines is 2. The molecule has 3 rings (SSSR count). The smallest absolute Gasteiger partial charge is 0.346 e. The lowest BCUT2D eigenvalue weighted by Crippen LogP contribution is -2.26. The van der Waals surface area contributed by atoms with Gasteiger partial charge in [-0.3, -0.25) is 4.79 Å². The average molecular weight is 273 g/mol. The van der Waals surface area contributed by atoms with Gasteiger partial charge in [-0.2, -0.15) is 0 Å². The summed E-state index contributed by atoms with van der Waals surface area (Å²) in [4.78, 5) is 24.5. The highest BCUT2D eigenvalue weighted by Crippen LogP contribution is 2.29. The summed E-state index contributed by atoms with van der Waals surface area (Å²) in [5, 5.41) is 3.87. The van der Waals surface area contributed by atoms with Crippen molar-refractivity contribution in [3.63, 3.8) is 0 Å². The Bertz CT molecular complexity index is 779. The van der Waals surface area contributed by atoms with Crippen LogP contribution in [0, 0.1) is 0 Å².